The monoisotopic (exact) mass is 284 g/mol. The first-order valence-electron chi connectivity index (χ1n) is 5.74. The summed E-state index contributed by atoms with van der Waals surface area (Å²) in [6.07, 6.45) is 3.36. The van der Waals surface area contributed by atoms with Crippen molar-refractivity contribution in [2.24, 2.45) is 0 Å². The summed E-state index contributed by atoms with van der Waals surface area (Å²) in [5.41, 5.74) is 1.67. The van der Waals surface area contributed by atoms with Crippen LogP contribution in [0.15, 0.2) is 30.6 Å². The summed E-state index contributed by atoms with van der Waals surface area (Å²) in [5, 5.41) is 15.4. The molecule has 1 atom stereocenters. The highest BCUT2D eigenvalue weighted by Gasteiger charge is 2.13. The smallest absolute Gasteiger partial charge is 0.0861 e. The summed E-state index contributed by atoms with van der Waals surface area (Å²) in [4.78, 5) is 0. The van der Waals surface area contributed by atoms with Gasteiger partial charge in [-0.25, -0.2) is 0 Å². The summed E-state index contributed by atoms with van der Waals surface area (Å²) in [6, 6.07) is 5.28. The molecule has 1 N–H and O–H groups in total. The SMILES string of the molecule is CCn1cc(C(O)Cc2ccc(Cl)cc2Cl)cn1. The molecule has 0 saturated carbocycles. The van der Waals surface area contributed by atoms with Gasteiger partial charge in [0.1, 0.15) is 0 Å². The van der Waals surface area contributed by atoms with Crippen molar-refractivity contribution < 1.29 is 5.11 Å². The molecular formula is C13H14Cl2N2O. The zero-order chi connectivity index (χ0) is 13.1. The minimum atomic E-state index is -0.607. The Morgan fingerprint density at radius 1 is 1.39 bits per heavy atom. The average Bonchev–Trinajstić information content (AvgIpc) is 2.81. The zero-order valence-electron chi connectivity index (χ0n) is 9.98. The van der Waals surface area contributed by atoms with E-state index in [1.807, 2.05) is 19.2 Å². The average molecular weight is 285 g/mol. The molecule has 5 heteroatoms. The maximum atomic E-state index is 10.1. The number of aliphatic hydroxyl groups is 1. The fourth-order valence-corrected chi connectivity index (χ4v) is 2.22. The van der Waals surface area contributed by atoms with Crippen LogP contribution in [0.25, 0.3) is 0 Å². The number of aromatic nitrogens is 2. The lowest BCUT2D eigenvalue weighted by atomic mass is 10.0. The first-order valence-corrected chi connectivity index (χ1v) is 6.50. The molecule has 0 aliphatic rings. The highest BCUT2D eigenvalue weighted by atomic mass is 35.5. The molecule has 3 nitrogen and oxygen atoms in total. The van der Waals surface area contributed by atoms with E-state index in [0.29, 0.717) is 16.5 Å². The number of hydrogen-bond acceptors (Lipinski definition) is 2. The van der Waals surface area contributed by atoms with E-state index in [4.69, 9.17) is 23.2 Å². The van der Waals surface area contributed by atoms with Crippen LogP contribution in [0, 0.1) is 0 Å². The summed E-state index contributed by atoms with van der Waals surface area (Å²) in [7, 11) is 0. The van der Waals surface area contributed by atoms with Gasteiger partial charge in [0, 0.05) is 34.8 Å². The molecule has 0 saturated heterocycles. The molecule has 2 rings (SSSR count). The van der Waals surface area contributed by atoms with Gasteiger partial charge in [-0.2, -0.15) is 5.10 Å². The number of nitrogens with zero attached hydrogens (tertiary/aromatic N) is 2. The third-order valence-electron chi connectivity index (χ3n) is 2.79. The Labute approximate surface area is 116 Å². The van der Waals surface area contributed by atoms with E-state index < -0.39 is 6.10 Å². The van der Waals surface area contributed by atoms with Gasteiger partial charge in [0.2, 0.25) is 0 Å². The lowest BCUT2D eigenvalue weighted by Gasteiger charge is -2.10. The van der Waals surface area contributed by atoms with Crippen LogP contribution in [-0.4, -0.2) is 14.9 Å². The van der Waals surface area contributed by atoms with Crippen LogP contribution in [-0.2, 0) is 13.0 Å². The quantitative estimate of drug-likeness (QED) is 0.933. The summed E-state index contributed by atoms with van der Waals surface area (Å²) < 4.78 is 1.78. The molecule has 0 bridgehead atoms. The fourth-order valence-electron chi connectivity index (χ4n) is 1.74. The molecule has 0 radical (unpaired) electrons. The first kappa shape index (κ1) is 13.4. The largest absolute Gasteiger partial charge is 0.388 e. The maximum Gasteiger partial charge on any atom is 0.0861 e. The number of aliphatic hydroxyl groups excluding tert-OH is 1. The highest BCUT2D eigenvalue weighted by Crippen LogP contribution is 2.25. The minimum absolute atomic E-state index is 0.450. The Kier molecular flexibility index (Phi) is 4.27. The Hall–Kier alpha value is -1.03. The molecule has 96 valence electrons. The van der Waals surface area contributed by atoms with Gasteiger partial charge >= 0.3 is 0 Å². The lowest BCUT2D eigenvalue weighted by molar-refractivity contribution is 0.178. The first-order chi connectivity index (χ1) is 8.60. The minimum Gasteiger partial charge on any atom is -0.388 e. The van der Waals surface area contributed by atoms with Gasteiger partial charge in [-0.1, -0.05) is 29.3 Å². The number of benzene rings is 1. The molecule has 2 aromatic rings. The second-order valence-electron chi connectivity index (χ2n) is 4.09. The molecule has 18 heavy (non-hydrogen) atoms. The molecular weight excluding hydrogens is 271 g/mol. The Morgan fingerprint density at radius 3 is 2.78 bits per heavy atom. The van der Waals surface area contributed by atoms with Gasteiger partial charge in [-0.05, 0) is 24.6 Å². The number of hydrogen-bond donors (Lipinski definition) is 1. The van der Waals surface area contributed by atoms with Crippen molar-refractivity contribution in [2.45, 2.75) is 26.0 Å². The number of rotatable bonds is 4. The second-order valence-corrected chi connectivity index (χ2v) is 4.93. The van der Waals surface area contributed by atoms with Gasteiger partial charge in [-0.15, -0.1) is 0 Å². The Bertz CT molecular complexity index is 540. The lowest BCUT2D eigenvalue weighted by Crippen LogP contribution is -2.01. The van der Waals surface area contributed by atoms with E-state index >= 15 is 0 Å². The van der Waals surface area contributed by atoms with Crippen LogP contribution in [0.1, 0.15) is 24.2 Å². The van der Waals surface area contributed by atoms with Crippen LogP contribution < -0.4 is 0 Å². The third kappa shape index (κ3) is 3.05. The van der Waals surface area contributed by atoms with Gasteiger partial charge in [0.25, 0.3) is 0 Å². The fraction of sp³-hybridized carbons (Fsp3) is 0.308. The van der Waals surface area contributed by atoms with Gasteiger partial charge in [0.05, 0.1) is 12.3 Å². The Morgan fingerprint density at radius 2 is 2.17 bits per heavy atom. The molecule has 0 amide bonds. The number of halogens is 2. The molecule has 1 aromatic heterocycles. The van der Waals surface area contributed by atoms with Crippen molar-refractivity contribution in [1.82, 2.24) is 9.78 Å². The summed E-state index contributed by atoms with van der Waals surface area (Å²) in [6.45, 7) is 2.79. The predicted molar refractivity (Wildman–Crippen MR) is 73.0 cm³/mol. The van der Waals surface area contributed by atoms with Crippen molar-refractivity contribution in [2.75, 3.05) is 0 Å². The van der Waals surface area contributed by atoms with Crippen LogP contribution >= 0.6 is 23.2 Å². The standard InChI is InChI=1S/C13H14Cl2N2O/c1-2-17-8-10(7-16-17)13(18)5-9-3-4-11(14)6-12(9)15/h3-4,6-8,13,18H,2,5H2,1H3. The van der Waals surface area contributed by atoms with E-state index in [-0.39, 0.29) is 0 Å². The van der Waals surface area contributed by atoms with E-state index in [2.05, 4.69) is 5.10 Å². The topological polar surface area (TPSA) is 38.0 Å². The molecule has 0 aliphatic heterocycles. The van der Waals surface area contributed by atoms with Crippen LogP contribution in [0.3, 0.4) is 0 Å². The van der Waals surface area contributed by atoms with Gasteiger partial charge in [-0.3, -0.25) is 4.68 Å². The molecule has 1 heterocycles. The summed E-state index contributed by atoms with van der Waals surface area (Å²) >= 11 is 11.9. The molecule has 0 aliphatic carbocycles. The Balaban J connectivity index is 2.13. The molecule has 0 fully saturated rings. The molecule has 0 spiro atoms. The highest BCUT2D eigenvalue weighted by molar-refractivity contribution is 6.35. The second kappa shape index (κ2) is 5.74. The van der Waals surface area contributed by atoms with Crippen molar-refractivity contribution in [3.63, 3.8) is 0 Å². The maximum absolute atomic E-state index is 10.1. The van der Waals surface area contributed by atoms with Crippen molar-refractivity contribution >= 4 is 23.2 Å². The van der Waals surface area contributed by atoms with Crippen molar-refractivity contribution in [3.05, 3.63) is 51.8 Å². The van der Waals surface area contributed by atoms with Crippen LogP contribution in [0.5, 0.6) is 0 Å². The number of aryl methyl sites for hydroxylation is 1. The normalized spacial score (nSPS) is 12.7. The van der Waals surface area contributed by atoms with Gasteiger partial charge in [0.15, 0.2) is 0 Å². The van der Waals surface area contributed by atoms with Crippen molar-refractivity contribution in [1.29, 1.82) is 0 Å². The van der Waals surface area contributed by atoms with Gasteiger partial charge < -0.3 is 5.11 Å². The zero-order valence-corrected chi connectivity index (χ0v) is 11.5. The summed E-state index contributed by atoms with van der Waals surface area (Å²) in [5.74, 6) is 0. The van der Waals surface area contributed by atoms with Crippen LogP contribution in [0.2, 0.25) is 10.0 Å². The van der Waals surface area contributed by atoms with E-state index in [9.17, 15) is 5.11 Å². The van der Waals surface area contributed by atoms with E-state index in [1.54, 1.807) is 23.0 Å². The van der Waals surface area contributed by atoms with E-state index in [0.717, 1.165) is 17.7 Å². The molecule has 1 unspecified atom stereocenters. The van der Waals surface area contributed by atoms with Crippen LogP contribution in [0.4, 0.5) is 0 Å². The van der Waals surface area contributed by atoms with Crippen molar-refractivity contribution in [3.8, 4) is 0 Å². The van der Waals surface area contributed by atoms with E-state index in [1.165, 1.54) is 0 Å². The predicted octanol–water partition coefficient (Wildman–Crippen LogP) is 3.49. The molecule has 1 aromatic carbocycles. The third-order valence-corrected chi connectivity index (χ3v) is 3.38.